The van der Waals surface area contributed by atoms with E-state index < -0.39 is 89.7 Å². The van der Waals surface area contributed by atoms with Crippen LogP contribution in [0.2, 0.25) is 0 Å². The molecule has 0 unspecified atom stereocenters. The van der Waals surface area contributed by atoms with Gasteiger partial charge in [0.1, 0.15) is 69.4 Å². The maximum Gasteiger partial charge on any atom is 0.341 e. The third-order valence-corrected chi connectivity index (χ3v) is 15.8. The largest absolute Gasteiger partial charge is 0.507 e. The van der Waals surface area contributed by atoms with Crippen LogP contribution in [0.4, 0.5) is 27.5 Å². The molecule has 622 valence electrons. The van der Waals surface area contributed by atoms with Crippen LogP contribution in [0.25, 0.3) is 0 Å². The number of anilines is 4. The number of carbonyl (C=O) groups is 16. The van der Waals surface area contributed by atoms with Gasteiger partial charge in [0.25, 0.3) is 0 Å². The summed E-state index contributed by atoms with van der Waals surface area (Å²) in [5.41, 5.74) is 11.5. The van der Waals surface area contributed by atoms with Crippen LogP contribution in [-0.2, 0) is 71.7 Å². The number of phenols is 4. The average molecular weight is 1590 g/mol. The van der Waals surface area contributed by atoms with Gasteiger partial charge in [-0.2, -0.15) is 0 Å². The number of phenolic OH excluding ortho intramolecular Hbond substituents is 4. The maximum absolute atomic E-state index is 12.8. The third-order valence-electron chi connectivity index (χ3n) is 15.8. The van der Waals surface area contributed by atoms with Gasteiger partial charge in [-0.05, 0) is 133 Å². The van der Waals surface area contributed by atoms with Gasteiger partial charge >= 0.3 is 29.9 Å². The van der Waals surface area contributed by atoms with Crippen molar-refractivity contribution in [3.63, 3.8) is 0 Å². The number of aromatic hydroxyl groups is 4. The van der Waals surface area contributed by atoms with Crippen molar-refractivity contribution in [1.29, 1.82) is 0 Å². The highest BCUT2D eigenvalue weighted by Gasteiger charge is 2.28. The summed E-state index contributed by atoms with van der Waals surface area (Å²) in [5.74, 6) is -8.44. The van der Waals surface area contributed by atoms with Gasteiger partial charge in [-0.3, -0.25) is 52.7 Å². The highest BCUT2D eigenvalue weighted by Crippen LogP contribution is 2.27. The predicted octanol–water partition coefficient (Wildman–Crippen LogP) is 3.46. The molecule has 4 aromatic rings. The van der Waals surface area contributed by atoms with Gasteiger partial charge < -0.3 is 115 Å². The molecule has 6 atom stereocenters. The summed E-state index contributed by atoms with van der Waals surface area (Å²) < 4.78 is 18.2. The standard InChI is InChI=1S/C21H30N4O7.C20H29N3O6.C19H28N4O6.C15H21N3O5/c1-12(23-14(3)27)19(29)25-17(7-5-6-10-22-13(2)26)20(30)24-15-8-9-16(18(28)11-15)21(31)32-4;1-12(2)18(26)23-16(7-5-6-10-21-13(3)24)19(27)22-14-8-9-15(17(25)11-14)20(28)29-4;1-11(20)17(26)23-15(6-4-5-9-21-12(2)24)18(27)22-13-7-8-14(16(25)10-13)19(28)29-3;1-9(4-3-7-17-15(16)22)13(20)18-10-5-6-11(12(19)8-10)14(21)23-2/h8-9,11-12,17,28H,5-7,10H2,1-4H3,(H,22,26)(H,23,27)(H,24,30)(H,25,29);8-9,11-12,16,25H,5-7,10H2,1-4H3,(H,21,24)(H,22,27)(H,23,26);7-8,10-11,15,25H,4-6,9,20H2,1-3H3,(H,21,24)(H,22,27)(H,23,26);5-6,8-9,19H,3-4,7H2,1-2H3,(H,18,20)(H3,16,17,22)/t12-,17-;16-;11-,15-;9-/m0000/s1. The number of nitrogens with one attached hydrogen (secondary N) is 12. The SMILES string of the molecule is COC(=O)c1ccc(NC(=O)[C@@H](C)CCCNC(N)=O)cc1O.COC(=O)c1ccc(NC(=O)[C@H](CCCCNC(C)=O)NC(=O)C(C)C)cc1O.COC(=O)c1ccc(NC(=O)[C@H](CCCCNC(C)=O)NC(=O)[C@H](C)N)cc1O.COC(=O)c1ccc(NC(=O)[C@H](CCCCNC(C)=O)NC(=O)[C@H](C)NC(C)=O)cc1O. The molecule has 38 heteroatoms. The highest BCUT2D eigenvalue weighted by molar-refractivity contribution is 6.02. The normalized spacial score (nSPS) is 11.9. The third kappa shape index (κ3) is 39.5. The van der Waals surface area contributed by atoms with E-state index in [4.69, 9.17) is 11.5 Å². The lowest BCUT2D eigenvalue weighted by Crippen LogP contribution is -2.51. The van der Waals surface area contributed by atoms with E-state index in [1.54, 1.807) is 20.8 Å². The summed E-state index contributed by atoms with van der Waals surface area (Å²) in [6, 6.07) is 11.3. The number of primary amides is 1. The van der Waals surface area contributed by atoms with Crippen molar-refractivity contribution in [1.82, 2.24) is 42.5 Å². The lowest BCUT2D eigenvalue weighted by Gasteiger charge is -2.21. The Morgan fingerprint density at radius 2 is 0.628 bits per heavy atom. The first-order valence-corrected chi connectivity index (χ1v) is 35.8. The van der Waals surface area contributed by atoms with Crippen LogP contribution in [0, 0.1) is 11.8 Å². The second-order valence-electron chi connectivity index (χ2n) is 25.7. The molecule has 0 radical (unpaired) electrons. The molecule has 0 heterocycles. The summed E-state index contributed by atoms with van der Waals surface area (Å²) in [5, 5.41) is 70.9. The molecule has 0 fully saturated rings. The number of carbonyl (C=O) groups excluding carboxylic acids is 16. The Labute approximate surface area is 654 Å². The zero-order chi connectivity index (χ0) is 85.6. The average Bonchev–Trinajstić information content (AvgIpc) is 0.861. The van der Waals surface area contributed by atoms with Crippen LogP contribution in [0.1, 0.15) is 174 Å². The van der Waals surface area contributed by atoms with Gasteiger partial charge in [0.05, 0.1) is 34.5 Å². The molecule has 13 amide bonds. The lowest BCUT2D eigenvalue weighted by molar-refractivity contribution is -0.130. The van der Waals surface area contributed by atoms with E-state index in [-0.39, 0.29) is 116 Å². The van der Waals surface area contributed by atoms with Gasteiger partial charge in [-0.1, -0.05) is 20.8 Å². The van der Waals surface area contributed by atoms with E-state index >= 15 is 0 Å². The monoisotopic (exact) mass is 1590 g/mol. The van der Waals surface area contributed by atoms with Crippen molar-refractivity contribution in [3.05, 3.63) is 95.1 Å². The maximum atomic E-state index is 12.8. The Morgan fingerprint density at radius 3 is 0.885 bits per heavy atom. The number of rotatable bonds is 38. The zero-order valence-corrected chi connectivity index (χ0v) is 65.7. The first-order chi connectivity index (χ1) is 53.2. The topological polar surface area (TPSA) is 587 Å². The number of urea groups is 1. The predicted molar refractivity (Wildman–Crippen MR) is 413 cm³/mol. The minimum Gasteiger partial charge on any atom is -0.507 e. The molecule has 4 aromatic carbocycles. The number of esters is 4. The van der Waals surface area contributed by atoms with Gasteiger partial charge in [0.15, 0.2) is 0 Å². The van der Waals surface area contributed by atoms with Gasteiger partial charge in [-0.15, -0.1) is 0 Å². The first-order valence-electron chi connectivity index (χ1n) is 35.8. The van der Waals surface area contributed by atoms with E-state index in [9.17, 15) is 97.1 Å². The van der Waals surface area contributed by atoms with Crippen molar-refractivity contribution >= 4 is 118 Å². The Balaban J connectivity index is 0.000000758. The van der Waals surface area contributed by atoms with Crippen LogP contribution in [0.15, 0.2) is 72.8 Å². The second-order valence-corrected chi connectivity index (χ2v) is 25.7. The van der Waals surface area contributed by atoms with Crippen molar-refractivity contribution < 1.29 is 116 Å². The number of nitrogens with two attached hydrogens (primary N) is 2. The minimum atomic E-state index is -0.932. The molecule has 0 aromatic heterocycles. The molecule has 0 saturated heterocycles. The fraction of sp³-hybridized carbons (Fsp3) is 0.467. The zero-order valence-electron chi connectivity index (χ0n) is 65.7. The molecule has 0 aliphatic heterocycles. The molecule has 0 aliphatic rings. The number of ether oxygens (including phenoxy) is 4. The number of hydrogen-bond donors (Lipinski definition) is 18. The van der Waals surface area contributed by atoms with Crippen LogP contribution in [0.5, 0.6) is 23.0 Å². The number of unbranched alkanes of at least 4 members (excludes halogenated alkanes) is 3. The van der Waals surface area contributed by atoms with Crippen LogP contribution >= 0.6 is 0 Å². The van der Waals surface area contributed by atoms with Crippen LogP contribution < -0.4 is 75.3 Å². The van der Waals surface area contributed by atoms with Crippen LogP contribution in [0.3, 0.4) is 0 Å². The van der Waals surface area contributed by atoms with E-state index in [1.165, 1.54) is 143 Å². The molecule has 0 aliphatic carbocycles. The van der Waals surface area contributed by atoms with Gasteiger partial charge in [0, 0.05) is 113 Å². The van der Waals surface area contributed by atoms with Gasteiger partial charge in [-0.25, -0.2) is 24.0 Å². The first kappa shape index (κ1) is 98.4. The summed E-state index contributed by atoms with van der Waals surface area (Å²) in [6.45, 7) is 15.5. The molecule has 0 spiro atoms. The van der Waals surface area contributed by atoms with Crippen molar-refractivity contribution in [2.24, 2.45) is 23.3 Å². The Kier molecular flexibility index (Phi) is 45.7. The summed E-state index contributed by atoms with van der Waals surface area (Å²) >= 11 is 0. The molecule has 38 nitrogen and oxygen atoms in total. The number of benzene rings is 4. The summed E-state index contributed by atoms with van der Waals surface area (Å²) in [4.78, 5) is 187. The molecule has 0 bridgehead atoms. The van der Waals surface area contributed by atoms with Gasteiger partial charge in [0.2, 0.25) is 65.0 Å². The van der Waals surface area contributed by atoms with Crippen molar-refractivity contribution in [3.8, 4) is 23.0 Å². The number of methoxy groups -OCH3 is 4. The molecular weight excluding hydrogens is 1480 g/mol. The van der Waals surface area contributed by atoms with E-state index in [0.29, 0.717) is 96.1 Å². The number of amides is 13. The van der Waals surface area contributed by atoms with Crippen molar-refractivity contribution in [2.75, 3.05) is 75.9 Å². The number of hydrogen-bond acceptors (Lipinski definition) is 25. The minimum absolute atomic E-state index is 0.0202. The molecule has 113 heavy (non-hydrogen) atoms. The molecule has 20 N–H and O–H groups in total. The Morgan fingerprint density at radius 1 is 0.345 bits per heavy atom. The van der Waals surface area contributed by atoms with E-state index in [0.717, 1.165) is 0 Å². The lowest BCUT2D eigenvalue weighted by atomic mass is 10.0. The Hall–Kier alpha value is -12.6. The smallest absolute Gasteiger partial charge is 0.341 e. The second kappa shape index (κ2) is 52.5. The summed E-state index contributed by atoms with van der Waals surface area (Å²) in [6.07, 6.45) is 5.77. The highest BCUT2D eigenvalue weighted by atomic mass is 16.5. The van der Waals surface area contributed by atoms with E-state index in [2.05, 4.69) is 82.7 Å². The molecular formula is C75H108N14O24. The summed E-state index contributed by atoms with van der Waals surface area (Å²) in [7, 11) is 4.78. The molecule has 0 saturated carbocycles. The van der Waals surface area contributed by atoms with Crippen molar-refractivity contribution in [2.45, 2.75) is 163 Å². The fourth-order valence-electron chi connectivity index (χ4n) is 9.60. The quantitative estimate of drug-likeness (QED) is 0.0173. The van der Waals surface area contributed by atoms with Crippen LogP contribution in [-0.4, -0.2) is 200 Å². The molecule has 4 rings (SSSR count). The van der Waals surface area contributed by atoms with E-state index in [1.807, 2.05) is 0 Å². The Bertz CT molecular complexity index is 3800. The fourth-order valence-corrected chi connectivity index (χ4v) is 9.60.